The van der Waals surface area contributed by atoms with Gasteiger partial charge in [0.25, 0.3) is 0 Å². The number of nitrogens with two attached hydrogens (primary N) is 1. The molecule has 0 aromatic carbocycles. The van der Waals surface area contributed by atoms with Gasteiger partial charge in [-0.15, -0.1) is 6.58 Å². The molecule has 1 aromatic rings. The molecule has 2 rings (SSSR count). The third kappa shape index (κ3) is 3.30. The molecule has 0 radical (unpaired) electrons. The van der Waals surface area contributed by atoms with Crippen LogP contribution < -0.4 is 11.1 Å². The maximum Gasteiger partial charge on any atom is 0.194 e. The number of ether oxygens (including phenoxy) is 1. The lowest BCUT2D eigenvalue weighted by Gasteiger charge is -2.12. The summed E-state index contributed by atoms with van der Waals surface area (Å²) in [6.07, 6.45) is 4.62. The molecular formula is C13H18N4O. The molecule has 2 atom stereocenters. The molecule has 96 valence electrons. The van der Waals surface area contributed by atoms with Gasteiger partial charge in [0.2, 0.25) is 0 Å². The van der Waals surface area contributed by atoms with Crippen LogP contribution in [0.4, 0.5) is 5.82 Å². The highest BCUT2D eigenvalue weighted by Gasteiger charge is 2.25. The molecule has 3 N–H and O–H groups in total. The number of rotatable bonds is 4. The van der Waals surface area contributed by atoms with Gasteiger partial charge in [0.15, 0.2) is 5.96 Å². The van der Waals surface area contributed by atoms with E-state index in [0.29, 0.717) is 24.2 Å². The molecule has 5 heteroatoms. The minimum Gasteiger partial charge on any atom is -0.374 e. The second kappa shape index (κ2) is 6.16. The van der Waals surface area contributed by atoms with Crippen molar-refractivity contribution >= 4 is 11.8 Å². The number of aliphatic imine (C=N–C) groups is 1. The Morgan fingerprint density at radius 3 is 3.28 bits per heavy atom. The van der Waals surface area contributed by atoms with Crippen LogP contribution in [0, 0.1) is 5.92 Å². The van der Waals surface area contributed by atoms with E-state index in [1.54, 1.807) is 6.20 Å². The maximum absolute atomic E-state index is 5.80. The van der Waals surface area contributed by atoms with Crippen LogP contribution in [0.2, 0.25) is 0 Å². The van der Waals surface area contributed by atoms with E-state index in [0.717, 1.165) is 13.0 Å². The van der Waals surface area contributed by atoms with Crippen LogP contribution in [-0.4, -0.2) is 30.2 Å². The third-order valence-corrected chi connectivity index (χ3v) is 2.91. The summed E-state index contributed by atoms with van der Waals surface area (Å²) >= 11 is 0. The smallest absolute Gasteiger partial charge is 0.194 e. The van der Waals surface area contributed by atoms with E-state index in [2.05, 4.69) is 21.9 Å². The Labute approximate surface area is 107 Å². The van der Waals surface area contributed by atoms with Crippen molar-refractivity contribution in [2.75, 3.05) is 18.5 Å². The topological polar surface area (TPSA) is 72.5 Å². The molecule has 1 aromatic heterocycles. The minimum atomic E-state index is 0.0939. The van der Waals surface area contributed by atoms with Crippen molar-refractivity contribution in [2.45, 2.75) is 12.5 Å². The standard InChI is InChI=1S/C13H18N4O/c1-2-11-10(6-8-18-11)9-16-13(14)17-12-5-3-4-7-15-12/h2-5,7,10-11H,1,6,8-9H2,(H3,14,15,16,17)/t10-,11-/m0/s1. The van der Waals surface area contributed by atoms with E-state index >= 15 is 0 Å². The van der Waals surface area contributed by atoms with Crippen LogP contribution in [0.15, 0.2) is 42.0 Å². The molecule has 1 aliphatic rings. The summed E-state index contributed by atoms with van der Waals surface area (Å²) in [5.74, 6) is 1.44. The summed E-state index contributed by atoms with van der Waals surface area (Å²) in [5, 5.41) is 2.95. The third-order valence-electron chi connectivity index (χ3n) is 2.91. The van der Waals surface area contributed by atoms with Gasteiger partial charge in [-0.05, 0) is 18.6 Å². The molecule has 0 aliphatic carbocycles. The van der Waals surface area contributed by atoms with Gasteiger partial charge in [-0.25, -0.2) is 4.98 Å². The van der Waals surface area contributed by atoms with Crippen molar-refractivity contribution in [2.24, 2.45) is 16.6 Å². The Morgan fingerprint density at radius 1 is 1.67 bits per heavy atom. The molecule has 1 fully saturated rings. The zero-order chi connectivity index (χ0) is 12.8. The fourth-order valence-electron chi connectivity index (χ4n) is 1.93. The van der Waals surface area contributed by atoms with Crippen LogP contribution >= 0.6 is 0 Å². The number of nitrogens with one attached hydrogen (secondary N) is 1. The molecule has 0 saturated carbocycles. The van der Waals surface area contributed by atoms with Crippen molar-refractivity contribution in [1.82, 2.24) is 4.98 Å². The zero-order valence-electron chi connectivity index (χ0n) is 10.2. The van der Waals surface area contributed by atoms with Gasteiger partial charge in [-0.3, -0.25) is 4.99 Å². The monoisotopic (exact) mass is 246 g/mol. The predicted molar refractivity (Wildman–Crippen MR) is 72.4 cm³/mol. The van der Waals surface area contributed by atoms with E-state index in [-0.39, 0.29) is 6.10 Å². The van der Waals surface area contributed by atoms with Gasteiger partial charge in [0.05, 0.1) is 6.10 Å². The largest absolute Gasteiger partial charge is 0.374 e. The van der Waals surface area contributed by atoms with Crippen molar-refractivity contribution in [1.29, 1.82) is 0 Å². The molecule has 5 nitrogen and oxygen atoms in total. The van der Waals surface area contributed by atoms with Crippen molar-refractivity contribution < 1.29 is 4.74 Å². The Hall–Kier alpha value is -1.88. The molecule has 2 heterocycles. The van der Waals surface area contributed by atoms with E-state index in [1.807, 2.05) is 24.3 Å². The number of aromatic nitrogens is 1. The number of hydrogen-bond acceptors (Lipinski definition) is 3. The molecule has 0 spiro atoms. The predicted octanol–water partition coefficient (Wildman–Crippen LogP) is 1.40. The van der Waals surface area contributed by atoms with Gasteiger partial charge in [-0.2, -0.15) is 0 Å². The first-order valence-corrected chi connectivity index (χ1v) is 6.01. The minimum absolute atomic E-state index is 0.0939. The van der Waals surface area contributed by atoms with Crippen LogP contribution in [-0.2, 0) is 4.74 Å². The highest BCUT2D eigenvalue weighted by molar-refractivity contribution is 5.91. The Kier molecular flexibility index (Phi) is 4.30. The van der Waals surface area contributed by atoms with Gasteiger partial charge < -0.3 is 15.8 Å². The lowest BCUT2D eigenvalue weighted by molar-refractivity contribution is 0.129. The number of anilines is 1. The molecule has 1 aliphatic heterocycles. The number of pyridine rings is 1. The number of guanidine groups is 1. The fourth-order valence-corrected chi connectivity index (χ4v) is 1.93. The highest BCUT2D eigenvalue weighted by Crippen LogP contribution is 2.21. The fraction of sp³-hybridized carbons (Fsp3) is 0.385. The van der Waals surface area contributed by atoms with Gasteiger partial charge in [0.1, 0.15) is 5.82 Å². The van der Waals surface area contributed by atoms with Crippen molar-refractivity contribution in [3.63, 3.8) is 0 Å². The van der Waals surface area contributed by atoms with Crippen LogP contribution in [0.3, 0.4) is 0 Å². The summed E-state index contributed by atoms with van der Waals surface area (Å²) < 4.78 is 5.50. The van der Waals surface area contributed by atoms with Crippen molar-refractivity contribution in [3.05, 3.63) is 37.1 Å². The number of nitrogens with zero attached hydrogens (tertiary/aromatic N) is 2. The Morgan fingerprint density at radius 2 is 2.56 bits per heavy atom. The maximum atomic E-state index is 5.80. The molecule has 18 heavy (non-hydrogen) atoms. The number of hydrogen-bond donors (Lipinski definition) is 2. The van der Waals surface area contributed by atoms with E-state index in [1.165, 1.54) is 0 Å². The summed E-state index contributed by atoms with van der Waals surface area (Å²) in [5.41, 5.74) is 5.80. The summed E-state index contributed by atoms with van der Waals surface area (Å²) in [6, 6.07) is 5.58. The van der Waals surface area contributed by atoms with E-state index < -0.39 is 0 Å². The Bertz CT molecular complexity index is 418. The lowest BCUT2D eigenvalue weighted by Crippen LogP contribution is -2.25. The van der Waals surface area contributed by atoms with Crippen molar-refractivity contribution in [3.8, 4) is 0 Å². The van der Waals surface area contributed by atoms with Crippen LogP contribution in [0.1, 0.15) is 6.42 Å². The second-order valence-electron chi connectivity index (χ2n) is 4.19. The average molecular weight is 246 g/mol. The van der Waals surface area contributed by atoms with Gasteiger partial charge >= 0.3 is 0 Å². The Balaban J connectivity index is 1.87. The molecule has 0 bridgehead atoms. The lowest BCUT2D eigenvalue weighted by atomic mass is 10.0. The molecule has 0 amide bonds. The first kappa shape index (κ1) is 12.6. The van der Waals surface area contributed by atoms with E-state index in [9.17, 15) is 0 Å². The molecule has 1 saturated heterocycles. The normalized spacial score (nSPS) is 23.9. The first-order chi connectivity index (χ1) is 8.79. The molecule has 0 unspecified atom stereocenters. The van der Waals surface area contributed by atoms with Gasteiger partial charge in [-0.1, -0.05) is 12.1 Å². The van der Waals surface area contributed by atoms with Crippen LogP contribution in [0.25, 0.3) is 0 Å². The average Bonchev–Trinajstić information content (AvgIpc) is 2.85. The summed E-state index contributed by atoms with van der Waals surface area (Å²) in [4.78, 5) is 8.43. The van der Waals surface area contributed by atoms with Gasteiger partial charge in [0, 0.05) is 25.3 Å². The quantitative estimate of drug-likeness (QED) is 0.478. The zero-order valence-corrected chi connectivity index (χ0v) is 10.2. The highest BCUT2D eigenvalue weighted by atomic mass is 16.5. The molecular weight excluding hydrogens is 228 g/mol. The first-order valence-electron chi connectivity index (χ1n) is 6.01. The summed E-state index contributed by atoms with van der Waals surface area (Å²) in [7, 11) is 0. The van der Waals surface area contributed by atoms with Crippen LogP contribution in [0.5, 0.6) is 0 Å². The summed E-state index contributed by atoms with van der Waals surface area (Å²) in [6.45, 7) is 5.17. The second-order valence-corrected chi connectivity index (χ2v) is 4.19. The van der Waals surface area contributed by atoms with E-state index in [4.69, 9.17) is 10.5 Å². The SMILES string of the molecule is C=C[C@@H]1OCC[C@H]1CN=C(N)Nc1ccccn1.